The Kier molecular flexibility index (Phi) is 6.06. The molecule has 0 amide bonds. The van der Waals surface area contributed by atoms with Crippen LogP contribution >= 0.6 is 0 Å². The number of hydrogen-bond acceptors (Lipinski definition) is 1. The van der Waals surface area contributed by atoms with Crippen LogP contribution in [0.1, 0.15) is 33.6 Å². The van der Waals surface area contributed by atoms with Gasteiger partial charge in [0, 0.05) is 13.2 Å². The average Bonchev–Trinajstić information content (AvgIpc) is 1.89. The highest BCUT2D eigenvalue weighted by Gasteiger charge is 1.95. The minimum absolute atomic E-state index is 0.830. The van der Waals surface area contributed by atoms with Gasteiger partial charge in [-0.2, -0.15) is 0 Å². The van der Waals surface area contributed by atoms with Crippen LogP contribution in [0.15, 0.2) is 0 Å². The summed E-state index contributed by atoms with van der Waals surface area (Å²) < 4.78 is 5.21. The van der Waals surface area contributed by atoms with Crippen LogP contribution in [0, 0.1) is 5.92 Å². The van der Waals surface area contributed by atoms with Crippen LogP contribution in [0.25, 0.3) is 0 Å². The highest BCUT2D eigenvalue weighted by Crippen LogP contribution is 2.05. The fourth-order valence-corrected chi connectivity index (χ4v) is 0.633. The maximum Gasteiger partial charge on any atom is 0.0468 e. The van der Waals surface area contributed by atoms with Crippen molar-refractivity contribution in [3.05, 3.63) is 0 Å². The van der Waals surface area contributed by atoms with Crippen molar-refractivity contribution in [3.63, 3.8) is 0 Å². The summed E-state index contributed by atoms with van der Waals surface area (Å²) in [5, 5.41) is 0. The van der Waals surface area contributed by atoms with Gasteiger partial charge < -0.3 is 4.74 Å². The molecule has 0 aliphatic carbocycles. The fourth-order valence-electron chi connectivity index (χ4n) is 0.633. The molecule has 0 fully saturated rings. The summed E-state index contributed by atoms with van der Waals surface area (Å²) >= 11 is 0. The first kappa shape index (κ1) is 8.96. The van der Waals surface area contributed by atoms with Crippen molar-refractivity contribution in [2.75, 3.05) is 13.2 Å². The summed E-state index contributed by atoms with van der Waals surface area (Å²) in [7, 11) is 0. The molecule has 0 aliphatic rings. The van der Waals surface area contributed by atoms with Gasteiger partial charge in [-0.05, 0) is 19.3 Å². The zero-order valence-electron chi connectivity index (χ0n) is 6.81. The van der Waals surface area contributed by atoms with Gasteiger partial charge >= 0.3 is 0 Å². The van der Waals surface area contributed by atoms with E-state index in [9.17, 15) is 0 Å². The topological polar surface area (TPSA) is 9.23 Å². The average molecular weight is 130 g/mol. The maximum atomic E-state index is 5.21. The molecule has 0 aromatic heterocycles. The molecule has 0 heterocycles. The first-order valence-corrected chi connectivity index (χ1v) is 3.89. The molecule has 0 rings (SSSR count). The van der Waals surface area contributed by atoms with Gasteiger partial charge in [-0.3, -0.25) is 0 Å². The van der Waals surface area contributed by atoms with Gasteiger partial charge in [0.2, 0.25) is 0 Å². The van der Waals surface area contributed by atoms with E-state index in [1.54, 1.807) is 0 Å². The molecule has 0 N–H and O–H groups in total. The van der Waals surface area contributed by atoms with Crippen molar-refractivity contribution < 1.29 is 4.74 Å². The van der Waals surface area contributed by atoms with Gasteiger partial charge in [0.1, 0.15) is 0 Å². The van der Waals surface area contributed by atoms with E-state index in [2.05, 4.69) is 13.8 Å². The Bertz CT molecular complexity index is 52.5. The van der Waals surface area contributed by atoms with Crippen molar-refractivity contribution >= 4 is 0 Å². The van der Waals surface area contributed by atoms with Crippen LogP contribution in [0.2, 0.25) is 0 Å². The predicted octanol–water partition coefficient (Wildman–Crippen LogP) is 2.46. The molecule has 0 saturated heterocycles. The zero-order chi connectivity index (χ0) is 7.11. The van der Waals surface area contributed by atoms with Crippen molar-refractivity contribution in [2.24, 2.45) is 5.92 Å². The minimum atomic E-state index is 0.830. The maximum absolute atomic E-state index is 5.21. The Balaban J connectivity index is 2.88. The molecule has 1 nitrogen and oxygen atoms in total. The van der Waals surface area contributed by atoms with E-state index >= 15 is 0 Å². The normalized spacial score (nSPS) is 13.7. The van der Waals surface area contributed by atoms with Crippen LogP contribution in [0.3, 0.4) is 0 Å². The van der Waals surface area contributed by atoms with E-state index in [0.717, 1.165) is 19.1 Å². The summed E-state index contributed by atoms with van der Waals surface area (Å²) in [4.78, 5) is 0. The number of rotatable bonds is 5. The SMILES string of the molecule is CCOCCC(C)CC. The van der Waals surface area contributed by atoms with Gasteiger partial charge in [-0.15, -0.1) is 0 Å². The molecule has 0 spiro atoms. The summed E-state index contributed by atoms with van der Waals surface area (Å²) in [6.07, 6.45) is 2.48. The fraction of sp³-hybridized carbons (Fsp3) is 1.00. The predicted molar refractivity (Wildman–Crippen MR) is 40.6 cm³/mol. The van der Waals surface area contributed by atoms with Gasteiger partial charge in [0.15, 0.2) is 0 Å². The third-order valence-electron chi connectivity index (χ3n) is 1.66. The van der Waals surface area contributed by atoms with E-state index in [1.807, 2.05) is 6.92 Å². The Labute approximate surface area is 58.4 Å². The summed E-state index contributed by atoms with van der Waals surface area (Å²) in [5.74, 6) is 0.830. The highest BCUT2D eigenvalue weighted by molar-refractivity contribution is 4.47. The van der Waals surface area contributed by atoms with Crippen molar-refractivity contribution in [1.82, 2.24) is 0 Å². The lowest BCUT2D eigenvalue weighted by atomic mass is 10.1. The van der Waals surface area contributed by atoms with Gasteiger partial charge in [0.25, 0.3) is 0 Å². The summed E-state index contributed by atoms with van der Waals surface area (Å²) in [6.45, 7) is 8.31. The summed E-state index contributed by atoms with van der Waals surface area (Å²) in [5.41, 5.74) is 0. The van der Waals surface area contributed by atoms with E-state index in [-0.39, 0.29) is 0 Å². The highest BCUT2D eigenvalue weighted by atomic mass is 16.5. The Morgan fingerprint density at radius 2 is 2.00 bits per heavy atom. The summed E-state index contributed by atoms with van der Waals surface area (Å²) in [6, 6.07) is 0. The standard InChI is InChI=1S/C8H18O/c1-4-8(3)6-7-9-5-2/h8H,4-7H2,1-3H3. The molecule has 56 valence electrons. The van der Waals surface area contributed by atoms with Crippen LogP contribution in [0.5, 0.6) is 0 Å². The van der Waals surface area contributed by atoms with Gasteiger partial charge in [-0.25, -0.2) is 0 Å². The molecule has 1 unspecified atom stereocenters. The monoisotopic (exact) mass is 130 g/mol. The third-order valence-corrected chi connectivity index (χ3v) is 1.66. The molecule has 1 atom stereocenters. The molecule has 9 heavy (non-hydrogen) atoms. The lowest BCUT2D eigenvalue weighted by Crippen LogP contribution is -1.99. The molecular weight excluding hydrogens is 112 g/mol. The molecule has 0 aliphatic heterocycles. The zero-order valence-corrected chi connectivity index (χ0v) is 6.81. The van der Waals surface area contributed by atoms with Crippen molar-refractivity contribution in [2.45, 2.75) is 33.6 Å². The number of hydrogen-bond donors (Lipinski definition) is 0. The molecule has 0 saturated carbocycles. The van der Waals surface area contributed by atoms with E-state index in [1.165, 1.54) is 12.8 Å². The van der Waals surface area contributed by atoms with Gasteiger partial charge in [-0.1, -0.05) is 20.3 Å². The molecule has 0 aromatic rings. The van der Waals surface area contributed by atoms with Crippen LogP contribution in [0.4, 0.5) is 0 Å². The molecule has 0 aromatic carbocycles. The van der Waals surface area contributed by atoms with E-state index in [4.69, 9.17) is 4.74 Å². The van der Waals surface area contributed by atoms with Crippen LogP contribution < -0.4 is 0 Å². The molecule has 0 radical (unpaired) electrons. The van der Waals surface area contributed by atoms with Crippen molar-refractivity contribution in [1.29, 1.82) is 0 Å². The quantitative estimate of drug-likeness (QED) is 0.519. The van der Waals surface area contributed by atoms with Gasteiger partial charge in [0.05, 0.1) is 0 Å². The Hall–Kier alpha value is -0.0400. The third kappa shape index (κ3) is 5.84. The minimum Gasteiger partial charge on any atom is -0.382 e. The molecular formula is C8H18O. The molecule has 1 heteroatoms. The van der Waals surface area contributed by atoms with Crippen LogP contribution in [-0.2, 0) is 4.74 Å². The van der Waals surface area contributed by atoms with E-state index in [0.29, 0.717) is 0 Å². The number of ether oxygens (including phenoxy) is 1. The first-order chi connectivity index (χ1) is 4.31. The Morgan fingerprint density at radius 3 is 2.44 bits per heavy atom. The largest absolute Gasteiger partial charge is 0.382 e. The lowest BCUT2D eigenvalue weighted by Gasteiger charge is -2.06. The lowest BCUT2D eigenvalue weighted by molar-refractivity contribution is 0.133. The van der Waals surface area contributed by atoms with E-state index < -0.39 is 0 Å². The smallest absolute Gasteiger partial charge is 0.0468 e. The van der Waals surface area contributed by atoms with Crippen molar-refractivity contribution in [3.8, 4) is 0 Å². The molecule has 0 bridgehead atoms. The Morgan fingerprint density at radius 1 is 1.33 bits per heavy atom. The second-order valence-corrected chi connectivity index (χ2v) is 2.50. The van der Waals surface area contributed by atoms with Crippen LogP contribution in [-0.4, -0.2) is 13.2 Å². The first-order valence-electron chi connectivity index (χ1n) is 3.89. The second-order valence-electron chi connectivity index (χ2n) is 2.50. The second kappa shape index (κ2) is 6.09.